The SMILES string of the molecule is COCCCn1nc(CN(C(=O)[C@H]2CNCCO2)C2CC2)c2cc(Cl)ccc21. The van der Waals surface area contributed by atoms with E-state index >= 15 is 0 Å². The first-order chi connectivity index (χ1) is 13.7. The average Bonchev–Trinajstić information content (AvgIpc) is 3.50. The van der Waals surface area contributed by atoms with Gasteiger partial charge in [-0.15, -0.1) is 0 Å². The maximum absolute atomic E-state index is 13.1. The molecule has 1 aliphatic carbocycles. The summed E-state index contributed by atoms with van der Waals surface area (Å²) in [7, 11) is 1.70. The van der Waals surface area contributed by atoms with Crippen molar-refractivity contribution in [2.24, 2.45) is 0 Å². The van der Waals surface area contributed by atoms with Crippen LogP contribution < -0.4 is 5.32 Å². The molecule has 1 N–H and O–H groups in total. The Balaban J connectivity index is 1.59. The molecule has 2 fully saturated rings. The van der Waals surface area contributed by atoms with E-state index in [9.17, 15) is 4.79 Å². The molecule has 7 nitrogen and oxygen atoms in total. The van der Waals surface area contributed by atoms with Crippen molar-refractivity contribution in [1.82, 2.24) is 20.0 Å². The summed E-state index contributed by atoms with van der Waals surface area (Å²) < 4.78 is 12.9. The molecule has 0 spiro atoms. The number of amides is 1. The summed E-state index contributed by atoms with van der Waals surface area (Å²) in [5.74, 6) is 0.0545. The number of nitrogens with one attached hydrogen (secondary N) is 1. The number of benzene rings is 1. The number of morpholine rings is 1. The lowest BCUT2D eigenvalue weighted by molar-refractivity contribution is -0.146. The summed E-state index contributed by atoms with van der Waals surface area (Å²) in [6.07, 6.45) is 2.55. The maximum atomic E-state index is 13.1. The van der Waals surface area contributed by atoms with Crippen molar-refractivity contribution in [3.8, 4) is 0 Å². The summed E-state index contributed by atoms with van der Waals surface area (Å²) in [6, 6.07) is 6.11. The highest BCUT2D eigenvalue weighted by atomic mass is 35.5. The molecule has 0 radical (unpaired) electrons. The van der Waals surface area contributed by atoms with E-state index in [0.29, 0.717) is 31.3 Å². The number of carbonyl (C=O) groups is 1. The minimum absolute atomic E-state index is 0.0545. The number of methoxy groups -OCH3 is 1. The molecule has 1 atom stereocenters. The van der Waals surface area contributed by atoms with Gasteiger partial charge < -0.3 is 19.7 Å². The Morgan fingerprint density at radius 1 is 1.46 bits per heavy atom. The first kappa shape index (κ1) is 19.6. The highest BCUT2D eigenvalue weighted by Crippen LogP contribution is 2.31. The largest absolute Gasteiger partial charge is 0.385 e. The highest BCUT2D eigenvalue weighted by Gasteiger charge is 2.37. The van der Waals surface area contributed by atoms with Crippen molar-refractivity contribution in [2.75, 3.05) is 33.4 Å². The number of ether oxygens (including phenoxy) is 2. The van der Waals surface area contributed by atoms with Crippen molar-refractivity contribution in [3.63, 3.8) is 0 Å². The van der Waals surface area contributed by atoms with E-state index in [2.05, 4.69) is 5.32 Å². The summed E-state index contributed by atoms with van der Waals surface area (Å²) in [6.45, 7) is 3.86. The molecular formula is C20H27ClN4O3. The molecule has 1 aromatic heterocycles. The number of hydrogen-bond acceptors (Lipinski definition) is 5. The molecule has 2 heterocycles. The van der Waals surface area contributed by atoms with Crippen LogP contribution >= 0.6 is 11.6 Å². The number of hydrogen-bond donors (Lipinski definition) is 1. The van der Waals surface area contributed by atoms with E-state index in [1.54, 1.807) is 7.11 Å². The van der Waals surface area contributed by atoms with Crippen LogP contribution in [-0.4, -0.2) is 66.1 Å². The molecule has 1 aliphatic heterocycles. The van der Waals surface area contributed by atoms with Gasteiger partial charge in [0.1, 0.15) is 6.10 Å². The fraction of sp³-hybridized carbons (Fsp3) is 0.600. The Morgan fingerprint density at radius 3 is 3.04 bits per heavy atom. The molecule has 2 aromatic rings. The maximum Gasteiger partial charge on any atom is 0.253 e. The molecule has 0 bridgehead atoms. The molecule has 8 heteroatoms. The zero-order chi connectivity index (χ0) is 19.5. The minimum atomic E-state index is -0.409. The van der Waals surface area contributed by atoms with E-state index in [0.717, 1.165) is 48.9 Å². The number of halogens is 1. The molecule has 2 aliphatic rings. The molecule has 152 valence electrons. The van der Waals surface area contributed by atoms with Crippen LogP contribution in [0.3, 0.4) is 0 Å². The van der Waals surface area contributed by atoms with E-state index in [-0.39, 0.29) is 11.9 Å². The van der Waals surface area contributed by atoms with Crippen molar-refractivity contribution >= 4 is 28.4 Å². The Bertz CT molecular complexity index is 830. The fourth-order valence-corrected chi connectivity index (χ4v) is 3.88. The number of nitrogens with zero attached hydrogens (tertiary/aromatic N) is 3. The number of rotatable bonds is 8. The Kier molecular flexibility index (Phi) is 6.16. The predicted octanol–water partition coefficient (Wildman–Crippen LogP) is 2.21. The van der Waals surface area contributed by atoms with E-state index < -0.39 is 6.10 Å². The van der Waals surface area contributed by atoms with Gasteiger partial charge in [-0.05, 0) is 37.5 Å². The summed E-state index contributed by atoms with van der Waals surface area (Å²) in [4.78, 5) is 15.0. The van der Waals surface area contributed by atoms with Crippen molar-refractivity contribution in [2.45, 2.75) is 44.5 Å². The average molecular weight is 407 g/mol. The molecule has 1 aromatic carbocycles. The second-order valence-corrected chi connectivity index (χ2v) is 7.87. The smallest absolute Gasteiger partial charge is 0.253 e. The van der Waals surface area contributed by atoms with Crippen molar-refractivity contribution in [1.29, 1.82) is 0 Å². The Labute approximate surface area is 169 Å². The van der Waals surface area contributed by atoms with Crippen LogP contribution in [0.25, 0.3) is 10.9 Å². The van der Waals surface area contributed by atoms with Gasteiger partial charge in [-0.1, -0.05) is 11.6 Å². The van der Waals surface area contributed by atoms with Crippen LogP contribution in [0.5, 0.6) is 0 Å². The second kappa shape index (κ2) is 8.78. The molecule has 28 heavy (non-hydrogen) atoms. The lowest BCUT2D eigenvalue weighted by Gasteiger charge is -2.29. The predicted molar refractivity (Wildman–Crippen MR) is 107 cm³/mol. The summed E-state index contributed by atoms with van der Waals surface area (Å²) in [5, 5.41) is 9.75. The van der Waals surface area contributed by atoms with E-state index in [4.69, 9.17) is 26.2 Å². The van der Waals surface area contributed by atoms with Gasteiger partial charge in [0, 0.05) is 49.8 Å². The van der Waals surface area contributed by atoms with Crippen molar-refractivity contribution in [3.05, 3.63) is 28.9 Å². The first-order valence-corrected chi connectivity index (χ1v) is 10.3. The van der Waals surface area contributed by atoms with Gasteiger partial charge in [-0.2, -0.15) is 5.10 Å². The number of aromatic nitrogens is 2. The third-order valence-electron chi connectivity index (χ3n) is 5.30. The first-order valence-electron chi connectivity index (χ1n) is 9.94. The lowest BCUT2D eigenvalue weighted by atomic mass is 10.2. The van der Waals surface area contributed by atoms with Crippen LogP contribution in [0.2, 0.25) is 5.02 Å². The van der Waals surface area contributed by atoms with Gasteiger partial charge in [0.25, 0.3) is 5.91 Å². The molecule has 1 saturated heterocycles. The van der Waals surface area contributed by atoms with Crippen LogP contribution in [0.15, 0.2) is 18.2 Å². The molecule has 1 amide bonds. The summed E-state index contributed by atoms with van der Waals surface area (Å²) >= 11 is 6.26. The van der Waals surface area contributed by atoms with E-state index in [1.165, 1.54) is 0 Å². The highest BCUT2D eigenvalue weighted by molar-refractivity contribution is 6.31. The second-order valence-electron chi connectivity index (χ2n) is 7.44. The third kappa shape index (κ3) is 4.33. The fourth-order valence-electron chi connectivity index (χ4n) is 3.71. The molecule has 0 unspecified atom stereocenters. The van der Waals surface area contributed by atoms with Crippen LogP contribution in [0.1, 0.15) is 25.0 Å². The topological polar surface area (TPSA) is 68.6 Å². The van der Waals surface area contributed by atoms with Gasteiger partial charge in [0.15, 0.2) is 0 Å². The van der Waals surface area contributed by atoms with Gasteiger partial charge in [-0.25, -0.2) is 0 Å². The number of carbonyl (C=O) groups excluding carboxylic acids is 1. The van der Waals surface area contributed by atoms with Crippen LogP contribution in [0.4, 0.5) is 0 Å². The van der Waals surface area contributed by atoms with Crippen LogP contribution in [0, 0.1) is 0 Å². The molecule has 1 saturated carbocycles. The lowest BCUT2D eigenvalue weighted by Crippen LogP contribution is -2.49. The minimum Gasteiger partial charge on any atom is -0.385 e. The quantitative estimate of drug-likeness (QED) is 0.681. The molecule has 4 rings (SSSR count). The third-order valence-corrected chi connectivity index (χ3v) is 5.54. The number of aryl methyl sites for hydroxylation is 1. The van der Waals surface area contributed by atoms with Gasteiger partial charge >= 0.3 is 0 Å². The standard InChI is InChI=1S/C20H27ClN4O3/c1-27-9-2-8-25-18-6-3-14(21)11-16(18)17(23-25)13-24(15-4-5-15)20(26)19-12-22-7-10-28-19/h3,6,11,15,19,22H,2,4-5,7-10,12-13H2,1H3/t19-/m1/s1. The van der Waals surface area contributed by atoms with Gasteiger partial charge in [-0.3, -0.25) is 9.48 Å². The Morgan fingerprint density at radius 2 is 2.32 bits per heavy atom. The van der Waals surface area contributed by atoms with Gasteiger partial charge in [0.2, 0.25) is 0 Å². The number of fused-ring (bicyclic) bond motifs is 1. The van der Waals surface area contributed by atoms with E-state index in [1.807, 2.05) is 27.8 Å². The van der Waals surface area contributed by atoms with Crippen molar-refractivity contribution < 1.29 is 14.3 Å². The Hall–Kier alpha value is -1.67. The van der Waals surface area contributed by atoms with Crippen LogP contribution in [-0.2, 0) is 27.4 Å². The zero-order valence-corrected chi connectivity index (χ0v) is 17.0. The normalized spacial score (nSPS) is 19.9. The monoisotopic (exact) mass is 406 g/mol. The zero-order valence-electron chi connectivity index (χ0n) is 16.2. The molecular weight excluding hydrogens is 380 g/mol. The summed E-state index contributed by atoms with van der Waals surface area (Å²) in [5.41, 5.74) is 1.92. The van der Waals surface area contributed by atoms with Gasteiger partial charge in [0.05, 0.1) is 24.4 Å².